The molecule has 1 N–H and O–H groups in total. The molecule has 1 heterocycles. The molecule has 0 saturated heterocycles. The Balaban J connectivity index is 0.00000338. The maximum atomic E-state index is 5.49. The molecule has 0 aliphatic carbocycles. The van der Waals surface area contributed by atoms with Crippen LogP contribution in [0.4, 0.5) is 0 Å². The van der Waals surface area contributed by atoms with E-state index in [9.17, 15) is 0 Å². The lowest BCUT2D eigenvalue weighted by atomic mass is 10.2. The second-order valence-corrected chi connectivity index (χ2v) is 7.19. The van der Waals surface area contributed by atoms with Gasteiger partial charge in [0.1, 0.15) is 5.75 Å². The standard InChI is InChI=1S/C19H28N4OS.HI/c1-6-24-17-9-7-16(8-10-17)13-23(5)19(20-4)21-12-11-18-14(2)22-15(3)25-18;/h7-10H,6,11-13H2,1-5H3,(H,20,21);1H. The highest BCUT2D eigenvalue weighted by Gasteiger charge is 2.08. The van der Waals surface area contributed by atoms with Crippen molar-refractivity contribution in [3.63, 3.8) is 0 Å². The monoisotopic (exact) mass is 488 g/mol. The minimum absolute atomic E-state index is 0. The van der Waals surface area contributed by atoms with Gasteiger partial charge in [-0.3, -0.25) is 4.99 Å². The Kier molecular flexibility index (Phi) is 9.93. The van der Waals surface area contributed by atoms with Crippen molar-refractivity contribution in [2.24, 2.45) is 4.99 Å². The second-order valence-electron chi connectivity index (χ2n) is 5.90. The molecule has 5 nitrogen and oxygen atoms in total. The zero-order chi connectivity index (χ0) is 18.2. The van der Waals surface area contributed by atoms with E-state index in [1.807, 2.05) is 33.2 Å². The van der Waals surface area contributed by atoms with Crippen LogP contribution in [-0.4, -0.2) is 43.1 Å². The number of aryl methyl sites for hydroxylation is 2. The van der Waals surface area contributed by atoms with Gasteiger partial charge in [-0.25, -0.2) is 4.98 Å². The fraction of sp³-hybridized carbons (Fsp3) is 0.474. The van der Waals surface area contributed by atoms with E-state index in [4.69, 9.17) is 4.74 Å². The van der Waals surface area contributed by atoms with Crippen LogP contribution in [0.2, 0.25) is 0 Å². The first-order valence-corrected chi connectivity index (χ1v) is 9.41. The Morgan fingerprint density at radius 2 is 1.96 bits per heavy atom. The highest BCUT2D eigenvalue weighted by Crippen LogP contribution is 2.17. The normalized spacial score (nSPS) is 11.0. The molecular formula is C19H29IN4OS. The SMILES string of the molecule is CCOc1ccc(CN(C)C(=NC)NCCc2sc(C)nc2C)cc1.I. The van der Waals surface area contributed by atoms with Gasteiger partial charge in [0.25, 0.3) is 0 Å². The Morgan fingerprint density at radius 3 is 2.50 bits per heavy atom. The number of aromatic nitrogens is 1. The molecule has 0 bridgehead atoms. The summed E-state index contributed by atoms with van der Waals surface area (Å²) in [6, 6.07) is 8.21. The average Bonchev–Trinajstić information content (AvgIpc) is 2.91. The van der Waals surface area contributed by atoms with Gasteiger partial charge >= 0.3 is 0 Å². The zero-order valence-corrected chi connectivity index (χ0v) is 19.4. The van der Waals surface area contributed by atoms with E-state index >= 15 is 0 Å². The highest BCUT2D eigenvalue weighted by atomic mass is 127. The van der Waals surface area contributed by atoms with Gasteiger partial charge in [0, 0.05) is 38.5 Å². The van der Waals surface area contributed by atoms with Crippen LogP contribution >= 0.6 is 35.3 Å². The summed E-state index contributed by atoms with van der Waals surface area (Å²) >= 11 is 1.77. The summed E-state index contributed by atoms with van der Waals surface area (Å²) < 4.78 is 5.49. The lowest BCUT2D eigenvalue weighted by Crippen LogP contribution is -2.39. The van der Waals surface area contributed by atoms with Gasteiger partial charge in [-0.05, 0) is 38.5 Å². The maximum Gasteiger partial charge on any atom is 0.193 e. The number of hydrogen-bond donors (Lipinski definition) is 1. The van der Waals surface area contributed by atoms with Crippen molar-refractivity contribution >= 4 is 41.3 Å². The zero-order valence-electron chi connectivity index (χ0n) is 16.2. The number of aliphatic imine (C=N–C) groups is 1. The van der Waals surface area contributed by atoms with Crippen LogP contribution in [0.1, 0.15) is 28.1 Å². The molecule has 0 fully saturated rings. The molecule has 0 radical (unpaired) electrons. The van der Waals surface area contributed by atoms with Crippen LogP contribution in [0.15, 0.2) is 29.3 Å². The number of thiazole rings is 1. The van der Waals surface area contributed by atoms with E-state index in [1.165, 1.54) is 10.4 Å². The van der Waals surface area contributed by atoms with Crippen molar-refractivity contribution in [2.75, 3.05) is 27.2 Å². The number of nitrogens with zero attached hydrogens (tertiary/aromatic N) is 3. The first-order chi connectivity index (χ1) is 12.0. The van der Waals surface area contributed by atoms with Crippen LogP contribution in [0.3, 0.4) is 0 Å². The van der Waals surface area contributed by atoms with Crippen molar-refractivity contribution in [3.05, 3.63) is 45.4 Å². The third-order valence-electron chi connectivity index (χ3n) is 3.86. The number of ether oxygens (including phenoxy) is 1. The summed E-state index contributed by atoms with van der Waals surface area (Å²) in [4.78, 5) is 12.3. The van der Waals surface area contributed by atoms with Crippen LogP contribution < -0.4 is 10.1 Å². The maximum absolute atomic E-state index is 5.49. The number of guanidine groups is 1. The lowest BCUT2D eigenvalue weighted by Gasteiger charge is -2.22. The highest BCUT2D eigenvalue weighted by molar-refractivity contribution is 14.0. The van der Waals surface area contributed by atoms with Gasteiger partial charge in [-0.15, -0.1) is 35.3 Å². The van der Waals surface area contributed by atoms with Crippen LogP contribution in [0, 0.1) is 13.8 Å². The largest absolute Gasteiger partial charge is 0.494 e. The predicted molar refractivity (Wildman–Crippen MR) is 121 cm³/mol. The quantitative estimate of drug-likeness (QED) is 0.364. The molecule has 0 unspecified atom stereocenters. The summed E-state index contributed by atoms with van der Waals surface area (Å²) in [6.45, 7) is 8.46. The molecule has 1 aromatic carbocycles. The fourth-order valence-electron chi connectivity index (χ4n) is 2.68. The third kappa shape index (κ3) is 6.75. The summed E-state index contributed by atoms with van der Waals surface area (Å²) in [5, 5.41) is 4.57. The van der Waals surface area contributed by atoms with Crippen LogP contribution in [0.5, 0.6) is 5.75 Å². The fourth-order valence-corrected chi connectivity index (χ4v) is 3.62. The van der Waals surface area contributed by atoms with Crippen molar-refractivity contribution in [2.45, 2.75) is 33.7 Å². The van der Waals surface area contributed by atoms with Gasteiger partial charge in [0.05, 0.1) is 17.3 Å². The summed E-state index contributed by atoms with van der Waals surface area (Å²) in [5.41, 5.74) is 2.37. The van der Waals surface area contributed by atoms with E-state index in [0.29, 0.717) is 6.61 Å². The first-order valence-electron chi connectivity index (χ1n) is 8.60. The molecule has 0 amide bonds. The third-order valence-corrected chi connectivity index (χ3v) is 4.99. The van der Waals surface area contributed by atoms with Gasteiger partial charge in [-0.1, -0.05) is 12.1 Å². The molecule has 0 saturated carbocycles. The molecule has 26 heavy (non-hydrogen) atoms. The topological polar surface area (TPSA) is 49.8 Å². The lowest BCUT2D eigenvalue weighted by molar-refractivity contribution is 0.340. The van der Waals surface area contributed by atoms with Crippen LogP contribution in [-0.2, 0) is 13.0 Å². The minimum atomic E-state index is 0. The second kappa shape index (κ2) is 11.4. The predicted octanol–water partition coefficient (Wildman–Crippen LogP) is 4.03. The van der Waals surface area contributed by atoms with Crippen molar-refractivity contribution in [1.29, 1.82) is 0 Å². The molecule has 2 rings (SSSR count). The van der Waals surface area contributed by atoms with E-state index in [0.717, 1.165) is 41.9 Å². The number of benzene rings is 1. The summed E-state index contributed by atoms with van der Waals surface area (Å²) in [7, 11) is 3.87. The Hall–Kier alpha value is -1.35. The van der Waals surface area contributed by atoms with Gasteiger partial charge in [0.15, 0.2) is 5.96 Å². The number of hydrogen-bond acceptors (Lipinski definition) is 4. The van der Waals surface area contributed by atoms with E-state index in [1.54, 1.807) is 11.3 Å². The van der Waals surface area contributed by atoms with E-state index < -0.39 is 0 Å². The number of rotatable bonds is 7. The van der Waals surface area contributed by atoms with Crippen molar-refractivity contribution < 1.29 is 4.74 Å². The molecule has 7 heteroatoms. The molecule has 0 spiro atoms. The Morgan fingerprint density at radius 1 is 1.27 bits per heavy atom. The summed E-state index contributed by atoms with van der Waals surface area (Å²) in [5.74, 6) is 1.81. The van der Waals surface area contributed by atoms with E-state index in [-0.39, 0.29) is 24.0 Å². The van der Waals surface area contributed by atoms with Crippen LogP contribution in [0.25, 0.3) is 0 Å². The van der Waals surface area contributed by atoms with Crippen molar-refractivity contribution in [3.8, 4) is 5.75 Å². The number of halogens is 1. The molecule has 2 aromatic rings. The molecule has 0 aliphatic heterocycles. The molecular weight excluding hydrogens is 459 g/mol. The number of nitrogens with one attached hydrogen (secondary N) is 1. The Bertz CT molecular complexity index is 700. The van der Waals surface area contributed by atoms with Crippen molar-refractivity contribution in [1.82, 2.24) is 15.2 Å². The average molecular weight is 488 g/mol. The molecule has 1 aromatic heterocycles. The molecule has 144 valence electrons. The smallest absolute Gasteiger partial charge is 0.193 e. The Labute approximate surface area is 177 Å². The molecule has 0 aliphatic rings. The molecule has 0 atom stereocenters. The van der Waals surface area contributed by atoms with E-state index in [2.05, 4.69) is 46.2 Å². The summed E-state index contributed by atoms with van der Waals surface area (Å²) in [6.07, 6.45) is 0.966. The van der Waals surface area contributed by atoms with Gasteiger partial charge < -0.3 is 15.0 Å². The first kappa shape index (κ1) is 22.7. The minimum Gasteiger partial charge on any atom is -0.494 e. The van der Waals surface area contributed by atoms with Gasteiger partial charge in [-0.2, -0.15) is 0 Å². The van der Waals surface area contributed by atoms with Gasteiger partial charge in [0.2, 0.25) is 0 Å².